The molecular weight excluding hydrogens is 260 g/mol. The van der Waals surface area contributed by atoms with Crippen LogP contribution >= 0.6 is 0 Å². The molecule has 0 bridgehead atoms. The second kappa shape index (κ2) is 6.38. The summed E-state index contributed by atoms with van der Waals surface area (Å²) in [6.07, 6.45) is 0.228. The smallest absolute Gasteiger partial charge is 0.248 e. The number of carbonyl (C=O) groups is 2. The molecule has 1 aromatic carbocycles. The van der Waals surface area contributed by atoms with Crippen molar-refractivity contribution in [2.24, 2.45) is 5.92 Å². The summed E-state index contributed by atoms with van der Waals surface area (Å²) < 4.78 is 5.09. The predicted molar refractivity (Wildman–Crippen MR) is 71.7 cm³/mol. The molecule has 2 rings (SSSR count). The van der Waals surface area contributed by atoms with Crippen LogP contribution in [-0.4, -0.2) is 37.5 Å². The third-order valence-corrected chi connectivity index (χ3v) is 3.32. The van der Waals surface area contributed by atoms with Crippen molar-refractivity contribution in [2.75, 3.05) is 20.8 Å². The Kier molecular flexibility index (Phi) is 4.57. The number of amides is 2. The number of likely N-dealkylation sites (tertiary alicyclic amines) is 1. The monoisotopic (exact) mass is 278 g/mol. The van der Waals surface area contributed by atoms with E-state index in [2.05, 4.69) is 10.3 Å². The Morgan fingerprint density at radius 2 is 2.05 bits per heavy atom. The van der Waals surface area contributed by atoms with Gasteiger partial charge in [-0.15, -0.1) is 0 Å². The highest BCUT2D eigenvalue weighted by atomic mass is 16.6. The van der Waals surface area contributed by atoms with E-state index >= 15 is 0 Å². The fourth-order valence-corrected chi connectivity index (χ4v) is 2.24. The number of methoxy groups -OCH3 is 1. The van der Waals surface area contributed by atoms with Gasteiger partial charge >= 0.3 is 0 Å². The molecule has 0 saturated carbocycles. The van der Waals surface area contributed by atoms with Crippen LogP contribution in [-0.2, 0) is 21.0 Å². The standard InChI is InChI=1S/C14H18N2O4/c1-19-12-5-3-10(4-6-12)8-16-9-11(7-13(16)17)14(18)15-20-2/h3-6,11H,7-9H2,1-2H3,(H,15,18)/t11-/m1/s1. The van der Waals surface area contributed by atoms with Crippen molar-refractivity contribution in [3.63, 3.8) is 0 Å². The molecular formula is C14H18N2O4. The van der Waals surface area contributed by atoms with Crippen molar-refractivity contribution in [1.29, 1.82) is 0 Å². The Labute approximate surface area is 117 Å². The van der Waals surface area contributed by atoms with Gasteiger partial charge in [0.1, 0.15) is 5.75 Å². The number of nitrogens with zero attached hydrogens (tertiary/aromatic N) is 1. The van der Waals surface area contributed by atoms with Crippen LogP contribution in [0.25, 0.3) is 0 Å². The molecule has 0 unspecified atom stereocenters. The van der Waals surface area contributed by atoms with Crippen LogP contribution in [0.5, 0.6) is 5.75 Å². The second-order valence-electron chi connectivity index (χ2n) is 4.69. The van der Waals surface area contributed by atoms with Gasteiger partial charge in [0.25, 0.3) is 0 Å². The van der Waals surface area contributed by atoms with E-state index in [1.165, 1.54) is 7.11 Å². The molecule has 2 amide bonds. The molecule has 20 heavy (non-hydrogen) atoms. The van der Waals surface area contributed by atoms with Crippen LogP contribution in [0.3, 0.4) is 0 Å². The van der Waals surface area contributed by atoms with E-state index in [1.807, 2.05) is 24.3 Å². The van der Waals surface area contributed by atoms with E-state index in [4.69, 9.17) is 4.74 Å². The lowest BCUT2D eigenvalue weighted by Crippen LogP contribution is -2.32. The third-order valence-electron chi connectivity index (χ3n) is 3.32. The summed E-state index contributed by atoms with van der Waals surface area (Å²) in [6, 6.07) is 7.53. The third kappa shape index (κ3) is 3.27. The number of hydrogen-bond donors (Lipinski definition) is 1. The molecule has 1 aliphatic rings. The second-order valence-corrected chi connectivity index (χ2v) is 4.69. The highest BCUT2D eigenvalue weighted by Gasteiger charge is 2.34. The fraction of sp³-hybridized carbons (Fsp3) is 0.429. The van der Waals surface area contributed by atoms with Gasteiger partial charge < -0.3 is 9.64 Å². The van der Waals surface area contributed by atoms with Crippen LogP contribution in [0, 0.1) is 5.92 Å². The van der Waals surface area contributed by atoms with Gasteiger partial charge in [-0.25, -0.2) is 5.48 Å². The van der Waals surface area contributed by atoms with E-state index in [9.17, 15) is 9.59 Å². The van der Waals surface area contributed by atoms with Crippen LogP contribution in [0.15, 0.2) is 24.3 Å². The van der Waals surface area contributed by atoms with E-state index in [-0.39, 0.29) is 24.2 Å². The molecule has 1 N–H and O–H groups in total. The molecule has 1 heterocycles. The van der Waals surface area contributed by atoms with Gasteiger partial charge in [-0.3, -0.25) is 14.4 Å². The minimum atomic E-state index is -0.347. The van der Waals surface area contributed by atoms with Crippen molar-refractivity contribution in [2.45, 2.75) is 13.0 Å². The quantitative estimate of drug-likeness (QED) is 0.806. The highest BCUT2D eigenvalue weighted by Crippen LogP contribution is 2.21. The average Bonchev–Trinajstić information content (AvgIpc) is 2.81. The summed E-state index contributed by atoms with van der Waals surface area (Å²) in [5.74, 6) is 0.162. The number of benzene rings is 1. The maximum atomic E-state index is 11.9. The van der Waals surface area contributed by atoms with Crippen molar-refractivity contribution in [3.8, 4) is 5.75 Å². The molecule has 6 nitrogen and oxygen atoms in total. The minimum absolute atomic E-state index is 0.0166. The molecule has 1 aliphatic heterocycles. The Bertz CT molecular complexity index is 486. The number of hydrogen-bond acceptors (Lipinski definition) is 4. The largest absolute Gasteiger partial charge is 0.497 e. The molecule has 1 aromatic rings. The Morgan fingerprint density at radius 3 is 2.65 bits per heavy atom. The van der Waals surface area contributed by atoms with Crippen molar-refractivity contribution in [1.82, 2.24) is 10.4 Å². The zero-order chi connectivity index (χ0) is 14.5. The number of rotatable bonds is 5. The fourth-order valence-electron chi connectivity index (χ4n) is 2.24. The van der Waals surface area contributed by atoms with Gasteiger partial charge in [0.15, 0.2) is 0 Å². The SMILES string of the molecule is CONC(=O)[C@@H]1CC(=O)N(Cc2ccc(OC)cc2)C1. The topological polar surface area (TPSA) is 67.9 Å². The molecule has 1 saturated heterocycles. The van der Waals surface area contributed by atoms with Gasteiger partial charge in [-0.2, -0.15) is 0 Å². The molecule has 108 valence electrons. The Balaban J connectivity index is 1.96. The minimum Gasteiger partial charge on any atom is -0.497 e. The highest BCUT2D eigenvalue weighted by molar-refractivity contribution is 5.88. The number of carbonyl (C=O) groups excluding carboxylic acids is 2. The van der Waals surface area contributed by atoms with Gasteiger partial charge in [-0.1, -0.05) is 12.1 Å². The molecule has 0 aliphatic carbocycles. The first-order valence-corrected chi connectivity index (χ1v) is 6.37. The maximum Gasteiger partial charge on any atom is 0.248 e. The summed E-state index contributed by atoms with van der Waals surface area (Å²) >= 11 is 0. The molecule has 1 atom stereocenters. The summed E-state index contributed by atoms with van der Waals surface area (Å²) in [5, 5.41) is 0. The first-order chi connectivity index (χ1) is 9.63. The van der Waals surface area contributed by atoms with Gasteiger partial charge in [0, 0.05) is 19.5 Å². The van der Waals surface area contributed by atoms with Crippen molar-refractivity contribution < 1.29 is 19.2 Å². The van der Waals surface area contributed by atoms with Gasteiger partial charge in [-0.05, 0) is 17.7 Å². The number of ether oxygens (including phenoxy) is 1. The summed E-state index contributed by atoms with van der Waals surface area (Å²) in [5.41, 5.74) is 3.28. The predicted octanol–water partition coefficient (Wildman–Crippen LogP) is 0.721. The number of nitrogens with one attached hydrogen (secondary N) is 1. The Hall–Kier alpha value is -2.08. The van der Waals surface area contributed by atoms with E-state index in [0.717, 1.165) is 11.3 Å². The van der Waals surface area contributed by atoms with Crippen LogP contribution < -0.4 is 10.2 Å². The van der Waals surface area contributed by atoms with Crippen LogP contribution in [0.4, 0.5) is 0 Å². The first-order valence-electron chi connectivity index (χ1n) is 6.37. The lowest BCUT2D eigenvalue weighted by atomic mass is 10.1. The van der Waals surface area contributed by atoms with E-state index in [1.54, 1.807) is 12.0 Å². The normalized spacial score (nSPS) is 18.2. The average molecular weight is 278 g/mol. The molecule has 0 aromatic heterocycles. The summed E-state index contributed by atoms with van der Waals surface area (Å²) in [4.78, 5) is 29.8. The lowest BCUT2D eigenvalue weighted by molar-refractivity contribution is -0.135. The van der Waals surface area contributed by atoms with Crippen molar-refractivity contribution in [3.05, 3.63) is 29.8 Å². The molecule has 0 radical (unpaired) electrons. The van der Waals surface area contributed by atoms with Crippen LogP contribution in [0.2, 0.25) is 0 Å². The van der Waals surface area contributed by atoms with Gasteiger partial charge in [0.05, 0.1) is 20.1 Å². The zero-order valence-electron chi connectivity index (χ0n) is 11.6. The zero-order valence-corrected chi connectivity index (χ0v) is 11.6. The Morgan fingerprint density at radius 1 is 1.35 bits per heavy atom. The first kappa shape index (κ1) is 14.3. The summed E-state index contributed by atoms with van der Waals surface area (Å²) in [7, 11) is 2.99. The van der Waals surface area contributed by atoms with E-state index < -0.39 is 0 Å². The van der Waals surface area contributed by atoms with Crippen LogP contribution in [0.1, 0.15) is 12.0 Å². The lowest BCUT2D eigenvalue weighted by Gasteiger charge is -2.16. The van der Waals surface area contributed by atoms with Gasteiger partial charge in [0.2, 0.25) is 11.8 Å². The molecule has 1 fully saturated rings. The molecule has 0 spiro atoms. The van der Waals surface area contributed by atoms with E-state index in [0.29, 0.717) is 13.1 Å². The number of hydroxylamine groups is 1. The maximum absolute atomic E-state index is 11.9. The summed E-state index contributed by atoms with van der Waals surface area (Å²) in [6.45, 7) is 0.916. The van der Waals surface area contributed by atoms with Crippen molar-refractivity contribution >= 4 is 11.8 Å². The molecule has 6 heteroatoms.